The standard InChI is InChI=1S/6ClH.Ir/h6*1H;/p-4. The van der Waals surface area contributed by atoms with E-state index in [1.807, 2.05) is 0 Å². The van der Waals surface area contributed by atoms with E-state index >= 15 is 0 Å². The van der Waals surface area contributed by atoms with Crippen molar-refractivity contribution in [3.8, 4) is 0 Å². The number of rotatable bonds is 0. The zero-order valence-electron chi connectivity index (χ0n) is 2.66. The molecule has 0 amide bonds. The van der Waals surface area contributed by atoms with E-state index in [-0.39, 0.29) is 94.5 Å². The van der Waals surface area contributed by atoms with Crippen LogP contribution in [0.3, 0.4) is 0 Å². The Kier molecular flexibility index (Phi) is 1330. The molecule has 1 radical (unpaired) electrons. The fraction of sp³-hybridized carbons (Fsp3) is 0. The molecule has 0 aliphatic rings. The van der Waals surface area contributed by atoms with Crippen molar-refractivity contribution in [2.75, 3.05) is 0 Å². The Balaban J connectivity index is 0. The van der Waals surface area contributed by atoms with Gasteiger partial charge in [0, 0.05) is 20.1 Å². The van der Waals surface area contributed by atoms with E-state index in [0.29, 0.717) is 0 Å². The summed E-state index contributed by atoms with van der Waals surface area (Å²) in [7, 11) is 0. The maximum Gasteiger partial charge on any atom is 0 e. The molecule has 0 saturated carbocycles. The van der Waals surface area contributed by atoms with Gasteiger partial charge in [0.2, 0.25) is 0 Å². The third-order valence-corrected chi connectivity index (χ3v) is 0. The van der Waals surface area contributed by atoms with Crippen molar-refractivity contribution < 1.29 is 69.7 Å². The van der Waals surface area contributed by atoms with Crippen LogP contribution in [-0.4, -0.2) is 0 Å². The summed E-state index contributed by atoms with van der Waals surface area (Å²) in [6, 6.07) is 0. The van der Waals surface area contributed by atoms with Crippen molar-refractivity contribution in [3.05, 3.63) is 0 Å². The molecule has 0 unspecified atom stereocenters. The van der Waals surface area contributed by atoms with Gasteiger partial charge in [-0.2, -0.15) is 0 Å². The molecule has 0 bridgehead atoms. The Hall–Kier alpha value is 2.39. The van der Waals surface area contributed by atoms with Crippen molar-refractivity contribution >= 4 is 24.8 Å². The van der Waals surface area contributed by atoms with Crippen LogP contribution in [0.2, 0.25) is 0 Å². The second-order valence-electron chi connectivity index (χ2n) is 0. The Labute approximate surface area is 93.8 Å². The van der Waals surface area contributed by atoms with Crippen LogP contribution >= 0.6 is 24.8 Å². The summed E-state index contributed by atoms with van der Waals surface area (Å²) < 4.78 is 0. The molecule has 0 aliphatic heterocycles. The van der Waals surface area contributed by atoms with Crippen LogP contribution in [0.25, 0.3) is 0 Å². The van der Waals surface area contributed by atoms with E-state index in [1.165, 1.54) is 0 Å². The van der Waals surface area contributed by atoms with Gasteiger partial charge in [-0.25, -0.2) is 0 Å². The maximum absolute atomic E-state index is 0. The van der Waals surface area contributed by atoms with Gasteiger partial charge in [0.15, 0.2) is 0 Å². The van der Waals surface area contributed by atoms with E-state index in [9.17, 15) is 0 Å². The van der Waals surface area contributed by atoms with Crippen LogP contribution in [0, 0.1) is 0 Å². The maximum atomic E-state index is 0. The summed E-state index contributed by atoms with van der Waals surface area (Å²) in [4.78, 5) is 0. The smallest absolute Gasteiger partial charge is 0 e. The van der Waals surface area contributed by atoms with Crippen molar-refractivity contribution in [2.24, 2.45) is 0 Å². The van der Waals surface area contributed by atoms with Gasteiger partial charge in [0.1, 0.15) is 0 Å². The van der Waals surface area contributed by atoms with Crippen molar-refractivity contribution in [1.82, 2.24) is 0 Å². The SMILES string of the molecule is Cl.Cl.[Cl-].[Cl-].[Cl-].[Cl-].[Ir]. The predicted molar refractivity (Wildman–Crippen MR) is 14.5 cm³/mol. The molecule has 0 aromatic heterocycles. The first-order valence-electron chi connectivity index (χ1n) is 0. The van der Waals surface area contributed by atoms with Crippen molar-refractivity contribution in [1.29, 1.82) is 0 Å². The van der Waals surface area contributed by atoms with Gasteiger partial charge < -0.3 is 49.6 Å². The number of hydrogen-bond acceptors (Lipinski definition) is 0. The minimum Gasteiger partial charge on any atom is -1.00 e. The van der Waals surface area contributed by atoms with Gasteiger partial charge in [-0.15, -0.1) is 24.8 Å². The molecule has 0 nitrogen and oxygen atoms in total. The molecular weight excluding hydrogens is 405 g/mol. The van der Waals surface area contributed by atoms with Gasteiger partial charge in [-0.1, -0.05) is 0 Å². The van der Waals surface area contributed by atoms with Gasteiger partial charge in [0.25, 0.3) is 0 Å². The fourth-order valence-electron chi connectivity index (χ4n) is 0. The second kappa shape index (κ2) is 80.2. The molecule has 0 atom stereocenters. The van der Waals surface area contributed by atoms with Crippen LogP contribution in [0.5, 0.6) is 0 Å². The Bertz CT molecular complexity index is 4.14. The molecule has 0 fully saturated rings. The molecule has 0 aromatic rings. The fourth-order valence-corrected chi connectivity index (χ4v) is 0. The first-order chi connectivity index (χ1) is 0. The van der Waals surface area contributed by atoms with Crippen LogP contribution < -0.4 is 49.6 Å². The molecule has 0 heterocycles. The van der Waals surface area contributed by atoms with E-state index in [1.54, 1.807) is 0 Å². The van der Waals surface area contributed by atoms with E-state index in [2.05, 4.69) is 0 Å². The minimum absolute atomic E-state index is 0. The molecule has 7 heavy (non-hydrogen) atoms. The number of halogens is 6. The summed E-state index contributed by atoms with van der Waals surface area (Å²) in [6.07, 6.45) is 0. The molecule has 0 saturated heterocycles. The molecular formula is H2Cl6Ir-4. The number of hydrogen-bond donors (Lipinski definition) is 0. The quantitative estimate of drug-likeness (QED) is 0.375. The minimum atomic E-state index is 0. The summed E-state index contributed by atoms with van der Waals surface area (Å²) in [6.45, 7) is 0. The van der Waals surface area contributed by atoms with Gasteiger partial charge in [-0.3, -0.25) is 0 Å². The van der Waals surface area contributed by atoms with E-state index < -0.39 is 0 Å². The Morgan fingerprint density at radius 3 is 0.429 bits per heavy atom. The Morgan fingerprint density at radius 2 is 0.429 bits per heavy atom. The molecule has 0 aliphatic carbocycles. The topological polar surface area (TPSA) is 0 Å². The van der Waals surface area contributed by atoms with Crippen molar-refractivity contribution in [3.63, 3.8) is 0 Å². The van der Waals surface area contributed by atoms with Crippen LogP contribution in [-0.2, 0) is 20.1 Å². The van der Waals surface area contributed by atoms with E-state index in [4.69, 9.17) is 0 Å². The predicted octanol–water partition coefficient (Wildman–Crippen LogP) is -11.1. The molecule has 0 rings (SSSR count). The third kappa shape index (κ3) is 60.0. The summed E-state index contributed by atoms with van der Waals surface area (Å²) in [5, 5.41) is 0. The molecule has 7 heteroatoms. The zero-order valence-corrected chi connectivity index (χ0v) is 9.71. The van der Waals surface area contributed by atoms with Crippen LogP contribution in [0.15, 0.2) is 0 Å². The zero-order chi connectivity index (χ0) is 0. The first kappa shape index (κ1) is 116. The van der Waals surface area contributed by atoms with Gasteiger partial charge in [-0.05, 0) is 0 Å². The average molecular weight is 407 g/mol. The second-order valence-corrected chi connectivity index (χ2v) is 0. The summed E-state index contributed by atoms with van der Waals surface area (Å²) in [5.74, 6) is 0. The molecule has 57 valence electrons. The monoisotopic (exact) mass is 405 g/mol. The summed E-state index contributed by atoms with van der Waals surface area (Å²) in [5.41, 5.74) is 0. The Morgan fingerprint density at radius 1 is 0.429 bits per heavy atom. The van der Waals surface area contributed by atoms with Gasteiger partial charge in [0.05, 0.1) is 0 Å². The first-order valence-corrected chi connectivity index (χ1v) is 0. The average Bonchev–Trinajstić information content (AvgIpc) is 0. The van der Waals surface area contributed by atoms with Crippen LogP contribution in [0.4, 0.5) is 0 Å². The van der Waals surface area contributed by atoms with E-state index in [0.717, 1.165) is 0 Å². The van der Waals surface area contributed by atoms with Gasteiger partial charge >= 0.3 is 0 Å². The van der Waals surface area contributed by atoms with Crippen molar-refractivity contribution in [2.45, 2.75) is 0 Å². The largest absolute Gasteiger partial charge is 1.00 e. The molecule has 0 spiro atoms. The third-order valence-electron chi connectivity index (χ3n) is 0. The molecule has 0 aromatic carbocycles. The summed E-state index contributed by atoms with van der Waals surface area (Å²) >= 11 is 0. The normalized spacial score (nSPS) is 0. The molecule has 0 N–H and O–H groups in total. The van der Waals surface area contributed by atoms with Crippen LogP contribution in [0.1, 0.15) is 0 Å².